The number of aromatic hydroxyl groups is 1. The van der Waals surface area contributed by atoms with Gasteiger partial charge in [-0.3, -0.25) is 0 Å². The summed E-state index contributed by atoms with van der Waals surface area (Å²) in [6.45, 7) is -2.58. The van der Waals surface area contributed by atoms with E-state index < -0.39 is 48.1 Å². The molecule has 0 saturated carbocycles. The highest BCUT2D eigenvalue weighted by Crippen LogP contribution is 2.17. The molecule has 0 spiro atoms. The van der Waals surface area contributed by atoms with Gasteiger partial charge in [-0.05, 0) is 24.7 Å². The van der Waals surface area contributed by atoms with Crippen molar-refractivity contribution < 1.29 is 19.9 Å². The second-order valence-corrected chi connectivity index (χ2v) is 1.98. The lowest BCUT2D eigenvalue weighted by Crippen LogP contribution is -2.16. The number of phenols is 1. The van der Waals surface area contributed by atoms with Gasteiger partial charge in [-0.15, -0.1) is 0 Å². The zero-order valence-electron chi connectivity index (χ0n) is 15.3. The van der Waals surface area contributed by atoms with Crippen molar-refractivity contribution in [2.45, 2.75) is 6.10 Å². The smallest absolute Gasteiger partial charge is 0.293 e. The topological polar surface area (TPSA) is 52.5 Å². The van der Waals surface area contributed by atoms with Crippen LogP contribution in [0.4, 0.5) is 0 Å². The normalized spacial score (nSPS) is 24.7. The van der Waals surface area contributed by atoms with E-state index in [0.29, 0.717) is 5.31 Å². The third-order valence-corrected chi connectivity index (χ3v) is 1.13. The summed E-state index contributed by atoms with van der Waals surface area (Å²) >= 11 is 0. The maximum absolute atomic E-state index is 7.80. The van der Waals surface area contributed by atoms with Crippen LogP contribution in [-0.4, -0.2) is 26.6 Å². The van der Waals surface area contributed by atoms with E-state index in [9.17, 15) is 0 Å². The molecule has 3 heteroatoms. The van der Waals surface area contributed by atoms with E-state index in [1.165, 1.54) is 0 Å². The summed E-state index contributed by atoms with van der Waals surface area (Å²) < 4.78 is 67.2. The summed E-state index contributed by atoms with van der Waals surface area (Å²) in [6, 6.07) is -2.73. The molecule has 0 saturated heterocycles. The van der Waals surface area contributed by atoms with E-state index in [1.807, 2.05) is 0 Å². The van der Waals surface area contributed by atoms with Gasteiger partial charge in [0.15, 0.2) is 0 Å². The molecule has 1 atom stereocenters. The monoisotopic (exact) mass is 176 g/mol. The van der Waals surface area contributed by atoms with Gasteiger partial charge in [-0.2, -0.15) is 0 Å². The van der Waals surface area contributed by atoms with Crippen molar-refractivity contribution in [1.82, 2.24) is 5.31 Å². The van der Waals surface area contributed by atoms with E-state index in [0.717, 1.165) is 7.05 Å². The van der Waals surface area contributed by atoms with Gasteiger partial charge in [0.2, 0.25) is 1.43 Å². The molecule has 3 nitrogen and oxygen atoms in total. The number of aliphatic hydroxyl groups excluding tert-OH is 1. The highest BCUT2D eigenvalue weighted by Gasteiger charge is 2.05. The minimum absolute atomic E-state index is 0.352. The summed E-state index contributed by atoms with van der Waals surface area (Å²) in [6.07, 6.45) is -1.86. The molecule has 12 heavy (non-hydrogen) atoms. The highest BCUT2D eigenvalue weighted by atomic mass is 16.3. The Bertz CT molecular complexity index is 537. The molecule has 0 aliphatic heterocycles. The molecule has 0 aliphatic rings. The first-order valence-electron chi connectivity index (χ1n) is 7.45. The standard InChI is InChI=1S/C9H13NO2/c1-10-6-9(12)7-3-2-4-8(11)5-7/h2-5,9-12H,6H2,1H3/i2D,3D,4D,5D,6D2,12D/hD2. The molecule has 1 unspecified atom stereocenters. The lowest BCUT2D eigenvalue weighted by atomic mass is 10.1. The lowest BCUT2D eigenvalue weighted by Gasteiger charge is -2.09. The fraction of sp³-hybridized carbons (Fsp3) is 0.333. The number of hydrogen-bond acceptors (Lipinski definition) is 3. The molecule has 0 bridgehead atoms. The van der Waals surface area contributed by atoms with Crippen LogP contribution in [-0.2, 0) is 0 Å². The Hall–Kier alpha value is -1.06. The van der Waals surface area contributed by atoms with Crippen molar-refractivity contribution in [3.05, 3.63) is 29.7 Å². The zero-order valence-corrected chi connectivity index (χ0v) is 6.34. The molecule has 0 aliphatic carbocycles. The van der Waals surface area contributed by atoms with Gasteiger partial charge in [-0.1, -0.05) is 12.1 Å². The second-order valence-electron chi connectivity index (χ2n) is 1.98. The average molecular weight is 176 g/mol. The van der Waals surface area contributed by atoms with Crippen LogP contribution in [0.25, 0.3) is 0 Å². The summed E-state index contributed by atoms with van der Waals surface area (Å²) in [5, 5.41) is 8.67. The van der Waals surface area contributed by atoms with E-state index >= 15 is 0 Å². The molecule has 1 aromatic rings. The molecule has 1 aromatic carbocycles. The predicted molar refractivity (Wildman–Crippen MR) is 47.0 cm³/mol. The molecule has 0 fully saturated rings. The summed E-state index contributed by atoms with van der Waals surface area (Å²) in [5.41, 5.74) is -0.530. The highest BCUT2D eigenvalue weighted by molar-refractivity contribution is 5.28. The number of phenolic OH excluding ortho intramolecular Hbond substituents is 1. The van der Waals surface area contributed by atoms with Gasteiger partial charge >= 0.3 is 0 Å². The number of benzene rings is 1. The molecular weight excluding hydrogens is 154 g/mol. The number of rotatable bonds is 5. The fourth-order valence-corrected chi connectivity index (χ4v) is 0.653. The van der Waals surface area contributed by atoms with E-state index in [2.05, 4.69) is 10.2 Å². The third-order valence-electron chi connectivity index (χ3n) is 1.13. The maximum Gasteiger partial charge on any atom is 0.293 e. The summed E-state index contributed by atoms with van der Waals surface area (Å²) in [7, 11) is 1.06. The largest absolute Gasteiger partial charge is 0.508 e. The summed E-state index contributed by atoms with van der Waals surface area (Å²) in [4.78, 5) is 0. The first-order chi connectivity index (χ1) is 9.61. The molecule has 0 amide bonds. The molecule has 3 N–H and O–H groups in total. The molecular formula is C9H13NO2. The SMILES string of the molecule is [2H]Oc1c([2H])c([2H])c([2H])c(C(O[2H])C([2H])([2H])N([2H])C)c1[2H]. The van der Waals surface area contributed by atoms with E-state index in [1.54, 1.807) is 0 Å². The third kappa shape index (κ3) is 2.22. The van der Waals surface area contributed by atoms with Gasteiger partial charge < -0.3 is 15.5 Å². The Morgan fingerprint density at radius 1 is 1.92 bits per heavy atom. The maximum atomic E-state index is 7.80. The number of aliphatic hydroxyl groups is 1. The molecule has 66 valence electrons. The Labute approximate surface area is 84.5 Å². The molecule has 1 rings (SSSR count). The zero-order chi connectivity index (χ0) is 16.5. The van der Waals surface area contributed by atoms with E-state index in [-0.39, 0.29) is 0 Å². The van der Waals surface area contributed by atoms with Crippen molar-refractivity contribution in [1.29, 1.82) is 2.86 Å². The first-order valence-corrected chi connectivity index (χ1v) is 3.19. The number of nitrogens with one attached hydrogen (secondary N) is 1. The van der Waals surface area contributed by atoms with Crippen LogP contribution < -0.4 is 5.31 Å². The quantitative estimate of drug-likeness (QED) is 0.617. The first kappa shape index (κ1) is 2.72. The van der Waals surface area contributed by atoms with Crippen molar-refractivity contribution in [2.24, 2.45) is 0 Å². The average Bonchev–Trinajstić information content (AvgIpc) is 2.41. The minimum Gasteiger partial charge on any atom is -0.508 e. The van der Waals surface area contributed by atoms with Crippen LogP contribution in [0, 0.1) is 0 Å². The number of hydrogen-bond donors (Lipinski definition) is 3. The van der Waals surface area contributed by atoms with E-state index in [4.69, 9.17) is 12.5 Å². The predicted octanol–water partition coefficient (Wildman–Crippen LogP) is 0.645. The van der Waals surface area contributed by atoms with Crippen LogP contribution in [0.15, 0.2) is 24.2 Å². The van der Waals surface area contributed by atoms with Crippen molar-refractivity contribution in [3.8, 4) is 5.75 Å². The van der Waals surface area contributed by atoms with Gasteiger partial charge in [0.05, 0.1) is 11.6 Å². The Morgan fingerprint density at radius 3 is 3.50 bits per heavy atom. The van der Waals surface area contributed by atoms with Crippen LogP contribution in [0.2, 0.25) is 1.41 Å². The Morgan fingerprint density at radius 2 is 2.83 bits per heavy atom. The second kappa shape index (κ2) is 4.09. The minimum atomic E-state index is -2.58. The van der Waals surface area contributed by atoms with Crippen LogP contribution in [0.3, 0.4) is 0 Å². The van der Waals surface area contributed by atoms with Crippen molar-refractivity contribution in [2.75, 3.05) is 13.5 Å². The van der Waals surface area contributed by atoms with Gasteiger partial charge in [-0.25, -0.2) is 0 Å². The van der Waals surface area contributed by atoms with Crippen LogP contribution in [0.1, 0.15) is 19.9 Å². The molecule has 0 heterocycles. The van der Waals surface area contributed by atoms with Crippen LogP contribution in [0.5, 0.6) is 5.75 Å². The fourth-order valence-electron chi connectivity index (χ4n) is 0.653. The molecule has 0 radical (unpaired) electrons. The Balaban J connectivity index is 3.65. The van der Waals surface area contributed by atoms with Crippen molar-refractivity contribution in [3.63, 3.8) is 0 Å². The summed E-state index contributed by atoms with van der Waals surface area (Å²) in [5.74, 6) is -0.642. The van der Waals surface area contributed by atoms with Crippen LogP contribution >= 0.6 is 0 Å². The number of likely N-dealkylation sites (N-methyl/N-ethyl adjacent to an activating group) is 1. The van der Waals surface area contributed by atoms with Gasteiger partial charge in [0, 0.05) is 9.24 Å². The van der Waals surface area contributed by atoms with Gasteiger partial charge in [0.25, 0.3) is 1.43 Å². The lowest BCUT2D eigenvalue weighted by molar-refractivity contribution is 0.177. The molecule has 0 aromatic heterocycles. The van der Waals surface area contributed by atoms with Crippen molar-refractivity contribution >= 4 is 0 Å². The Kier molecular flexibility index (Phi) is 0.926. The van der Waals surface area contributed by atoms with Gasteiger partial charge in [0.1, 0.15) is 7.16 Å².